The van der Waals surface area contributed by atoms with Gasteiger partial charge in [-0.05, 0) is 12.1 Å². The third-order valence-electron chi connectivity index (χ3n) is 1.89. The molecule has 5 nitrogen and oxygen atoms in total. The fraction of sp³-hybridized carbons (Fsp3) is 0.222. The highest BCUT2D eigenvalue weighted by Crippen LogP contribution is 2.34. The van der Waals surface area contributed by atoms with E-state index in [-0.39, 0.29) is 0 Å². The predicted octanol–water partition coefficient (Wildman–Crippen LogP) is 2.30. The summed E-state index contributed by atoms with van der Waals surface area (Å²) >= 11 is 0. The average molecular weight is 302 g/mol. The highest BCUT2D eigenvalue weighted by molar-refractivity contribution is 5.96. The van der Waals surface area contributed by atoms with Crippen molar-refractivity contribution in [2.24, 2.45) is 0 Å². The number of carboxylic acid groups (broad SMARTS) is 1. The molecule has 1 heterocycles. The third-order valence-corrected chi connectivity index (χ3v) is 1.89. The van der Waals surface area contributed by atoms with Crippen LogP contribution >= 0.6 is 0 Å². The minimum atomic E-state index is -5.39. The normalized spacial score (nSPS) is 12.1. The Morgan fingerprint density at radius 1 is 1.10 bits per heavy atom. The van der Waals surface area contributed by atoms with Gasteiger partial charge in [0.2, 0.25) is 0 Å². The Morgan fingerprint density at radius 3 is 2.05 bits per heavy atom. The molecule has 1 aromatic rings. The smallest absolute Gasteiger partial charge is 0.471 e. The van der Waals surface area contributed by atoms with Crippen LogP contribution in [0.3, 0.4) is 0 Å². The molecule has 0 aliphatic carbocycles. The molecular formula is C9H4F6N2O3. The van der Waals surface area contributed by atoms with Gasteiger partial charge in [-0.3, -0.25) is 4.79 Å². The van der Waals surface area contributed by atoms with E-state index in [0.717, 1.165) is 5.32 Å². The van der Waals surface area contributed by atoms with Gasteiger partial charge in [0.15, 0.2) is 5.69 Å². The number of carbonyl (C=O) groups is 2. The van der Waals surface area contributed by atoms with Gasteiger partial charge in [-0.25, -0.2) is 9.78 Å². The first-order chi connectivity index (χ1) is 8.93. The van der Waals surface area contributed by atoms with Crippen LogP contribution in [-0.2, 0) is 11.0 Å². The number of halogens is 6. The molecule has 0 spiro atoms. The monoisotopic (exact) mass is 302 g/mol. The Balaban J connectivity index is 3.27. The first-order valence-corrected chi connectivity index (χ1v) is 4.62. The second kappa shape index (κ2) is 4.98. The van der Waals surface area contributed by atoms with Crippen LogP contribution in [0.1, 0.15) is 16.2 Å². The van der Waals surface area contributed by atoms with E-state index in [1.807, 2.05) is 0 Å². The van der Waals surface area contributed by atoms with Gasteiger partial charge >= 0.3 is 24.2 Å². The van der Waals surface area contributed by atoms with Gasteiger partial charge in [0, 0.05) is 0 Å². The number of rotatable bonds is 2. The van der Waals surface area contributed by atoms with Crippen LogP contribution < -0.4 is 5.32 Å². The van der Waals surface area contributed by atoms with E-state index in [4.69, 9.17) is 5.11 Å². The van der Waals surface area contributed by atoms with Gasteiger partial charge in [-0.15, -0.1) is 0 Å². The van der Waals surface area contributed by atoms with Gasteiger partial charge in [-0.2, -0.15) is 26.3 Å². The molecule has 0 unspecified atom stereocenters. The quantitative estimate of drug-likeness (QED) is 0.822. The minimum Gasteiger partial charge on any atom is -0.477 e. The molecule has 1 amide bonds. The summed E-state index contributed by atoms with van der Waals surface area (Å²) < 4.78 is 73.5. The molecule has 0 aliphatic heterocycles. The van der Waals surface area contributed by atoms with E-state index in [2.05, 4.69) is 4.98 Å². The van der Waals surface area contributed by atoms with E-state index >= 15 is 0 Å². The molecule has 11 heteroatoms. The summed E-state index contributed by atoms with van der Waals surface area (Å²) in [7, 11) is 0. The molecule has 0 fully saturated rings. The number of nitrogens with zero attached hydrogens (tertiary/aromatic N) is 1. The number of nitrogens with one attached hydrogen (secondary N) is 1. The van der Waals surface area contributed by atoms with E-state index in [1.165, 1.54) is 0 Å². The second-order valence-corrected chi connectivity index (χ2v) is 3.35. The van der Waals surface area contributed by atoms with Crippen molar-refractivity contribution in [3.8, 4) is 0 Å². The highest BCUT2D eigenvalue weighted by Gasteiger charge is 2.42. The van der Waals surface area contributed by atoms with Gasteiger partial charge < -0.3 is 10.4 Å². The lowest BCUT2D eigenvalue weighted by molar-refractivity contribution is -0.167. The maximum atomic E-state index is 12.6. The van der Waals surface area contributed by atoms with Crippen molar-refractivity contribution in [3.63, 3.8) is 0 Å². The van der Waals surface area contributed by atoms with Gasteiger partial charge in [-0.1, -0.05) is 0 Å². The number of aromatic nitrogens is 1. The number of alkyl halides is 6. The lowest BCUT2D eigenvalue weighted by Gasteiger charge is -2.14. The molecule has 110 valence electrons. The van der Waals surface area contributed by atoms with Crippen molar-refractivity contribution in [3.05, 3.63) is 23.5 Å². The Kier molecular flexibility index (Phi) is 3.92. The second-order valence-electron chi connectivity index (χ2n) is 3.35. The van der Waals surface area contributed by atoms with Crippen molar-refractivity contribution in [2.75, 3.05) is 5.32 Å². The van der Waals surface area contributed by atoms with Crippen molar-refractivity contribution < 1.29 is 41.0 Å². The van der Waals surface area contributed by atoms with E-state index in [0.29, 0.717) is 12.1 Å². The fourth-order valence-electron chi connectivity index (χ4n) is 1.09. The maximum Gasteiger partial charge on any atom is 0.471 e. The maximum absolute atomic E-state index is 12.6. The minimum absolute atomic E-state index is 0.378. The van der Waals surface area contributed by atoms with Crippen LogP contribution in [0.4, 0.5) is 32.0 Å². The van der Waals surface area contributed by atoms with Gasteiger partial charge in [0.05, 0.1) is 5.69 Å². The number of hydrogen-bond acceptors (Lipinski definition) is 3. The van der Waals surface area contributed by atoms with Crippen LogP contribution in [0.25, 0.3) is 0 Å². The Labute approximate surface area is 106 Å². The summed E-state index contributed by atoms with van der Waals surface area (Å²) in [6.45, 7) is 0. The molecule has 20 heavy (non-hydrogen) atoms. The summed E-state index contributed by atoms with van der Waals surface area (Å²) in [5.41, 5.74) is -4.25. The number of hydrogen-bond donors (Lipinski definition) is 2. The summed E-state index contributed by atoms with van der Waals surface area (Å²) in [5, 5.41) is 9.46. The zero-order chi connectivity index (χ0) is 15.7. The molecule has 0 saturated heterocycles. The molecule has 1 aromatic heterocycles. The van der Waals surface area contributed by atoms with Gasteiger partial charge in [0.1, 0.15) is 5.69 Å². The number of carbonyl (C=O) groups excluding carboxylic acids is 1. The third kappa shape index (κ3) is 3.59. The molecule has 0 aromatic carbocycles. The summed E-state index contributed by atoms with van der Waals surface area (Å²) in [4.78, 5) is 23.7. The zero-order valence-corrected chi connectivity index (χ0v) is 9.13. The Bertz CT molecular complexity index is 552. The van der Waals surface area contributed by atoms with E-state index < -0.39 is 41.3 Å². The highest BCUT2D eigenvalue weighted by atomic mass is 19.4. The lowest BCUT2D eigenvalue weighted by atomic mass is 10.2. The van der Waals surface area contributed by atoms with E-state index in [1.54, 1.807) is 0 Å². The van der Waals surface area contributed by atoms with Crippen molar-refractivity contribution in [1.29, 1.82) is 0 Å². The molecule has 0 saturated carbocycles. The van der Waals surface area contributed by atoms with Crippen molar-refractivity contribution in [2.45, 2.75) is 12.4 Å². The average Bonchev–Trinajstić information content (AvgIpc) is 2.26. The summed E-state index contributed by atoms with van der Waals surface area (Å²) in [6.07, 6.45) is -10.6. The number of amides is 1. The molecule has 0 aliphatic rings. The molecule has 0 radical (unpaired) electrons. The first kappa shape index (κ1) is 15.7. The molecular weight excluding hydrogens is 298 g/mol. The van der Waals surface area contributed by atoms with Crippen molar-refractivity contribution in [1.82, 2.24) is 4.98 Å². The van der Waals surface area contributed by atoms with Crippen LogP contribution in [-0.4, -0.2) is 28.1 Å². The molecule has 0 atom stereocenters. The predicted molar refractivity (Wildman–Crippen MR) is 50.9 cm³/mol. The Morgan fingerprint density at radius 2 is 1.65 bits per heavy atom. The molecule has 0 bridgehead atoms. The largest absolute Gasteiger partial charge is 0.477 e. The van der Waals surface area contributed by atoms with Crippen LogP contribution in [0, 0.1) is 0 Å². The number of pyridine rings is 1. The van der Waals surface area contributed by atoms with Crippen LogP contribution in [0.2, 0.25) is 0 Å². The SMILES string of the molecule is O=C(O)c1ccc(NC(=O)C(F)(F)F)c(C(F)(F)F)n1. The van der Waals surface area contributed by atoms with E-state index in [9.17, 15) is 35.9 Å². The van der Waals surface area contributed by atoms with Gasteiger partial charge in [0.25, 0.3) is 0 Å². The summed E-state index contributed by atoms with van der Waals surface area (Å²) in [5.74, 6) is -4.43. The lowest BCUT2D eigenvalue weighted by Crippen LogP contribution is -2.31. The summed E-state index contributed by atoms with van der Waals surface area (Å²) in [6, 6.07) is 0.909. The van der Waals surface area contributed by atoms with Crippen LogP contribution in [0.5, 0.6) is 0 Å². The number of anilines is 1. The fourth-order valence-corrected chi connectivity index (χ4v) is 1.09. The topological polar surface area (TPSA) is 79.3 Å². The standard InChI is InChI=1S/C9H4F6N2O3/c10-8(11,12)5-3(17-7(20)9(13,14)15)1-2-4(16-5)6(18)19/h1-2H,(H,17,20)(H,18,19). The molecule has 2 N–H and O–H groups in total. The van der Waals surface area contributed by atoms with Crippen LogP contribution in [0.15, 0.2) is 12.1 Å². The number of carboxylic acids is 1. The zero-order valence-electron chi connectivity index (χ0n) is 9.13. The molecule has 1 rings (SSSR count). The van der Waals surface area contributed by atoms with Crippen molar-refractivity contribution >= 4 is 17.6 Å². The Hall–Kier alpha value is -2.33. The first-order valence-electron chi connectivity index (χ1n) is 4.62. The number of aromatic carboxylic acids is 1.